The Kier molecular flexibility index (Phi) is 4.11. The highest BCUT2D eigenvalue weighted by molar-refractivity contribution is 6.00. The van der Waals surface area contributed by atoms with Gasteiger partial charge in [0.2, 0.25) is 0 Å². The van der Waals surface area contributed by atoms with Gasteiger partial charge in [0.05, 0.1) is 5.60 Å². The molecule has 0 aromatic carbocycles. The number of hydrogen-bond acceptors (Lipinski definition) is 4. The standard InChI is InChI=1S/C17H24O4/c1-9(2)13-7-6-10(3)17(20)8-14(19)11(4)15(17)16(13)21-12(5)18/h10,13,16,20H,1,6-8H2,2-5H3/t10-,13+,16-,17+/m1/s1. The normalized spacial score (nSPS) is 36.2. The summed E-state index contributed by atoms with van der Waals surface area (Å²) in [5, 5.41) is 11.1. The second-order valence-electron chi connectivity index (χ2n) is 6.52. The minimum atomic E-state index is -1.19. The quantitative estimate of drug-likeness (QED) is 0.627. The summed E-state index contributed by atoms with van der Waals surface area (Å²) < 4.78 is 5.52. The van der Waals surface area contributed by atoms with Crippen molar-refractivity contribution in [2.45, 2.75) is 58.7 Å². The molecule has 4 nitrogen and oxygen atoms in total. The number of aliphatic hydroxyl groups is 1. The van der Waals surface area contributed by atoms with Crippen molar-refractivity contribution in [3.63, 3.8) is 0 Å². The minimum absolute atomic E-state index is 0.0451. The predicted molar refractivity (Wildman–Crippen MR) is 79.5 cm³/mol. The van der Waals surface area contributed by atoms with Gasteiger partial charge in [-0.25, -0.2) is 0 Å². The van der Waals surface area contributed by atoms with Gasteiger partial charge in [-0.05, 0) is 38.2 Å². The fourth-order valence-corrected chi connectivity index (χ4v) is 3.69. The van der Waals surface area contributed by atoms with Crippen LogP contribution < -0.4 is 0 Å². The van der Waals surface area contributed by atoms with Gasteiger partial charge in [0.15, 0.2) is 5.78 Å². The predicted octanol–water partition coefficient (Wildman–Crippen LogP) is 2.56. The molecule has 2 rings (SSSR count). The number of Topliss-reactive ketones (excluding diaryl/α,β-unsaturated/α-hetero) is 1. The molecule has 116 valence electrons. The van der Waals surface area contributed by atoms with Crippen molar-refractivity contribution in [3.8, 4) is 0 Å². The van der Waals surface area contributed by atoms with Crippen molar-refractivity contribution in [3.05, 3.63) is 23.3 Å². The smallest absolute Gasteiger partial charge is 0.303 e. The third-order valence-corrected chi connectivity index (χ3v) is 5.02. The molecule has 0 aliphatic heterocycles. The van der Waals surface area contributed by atoms with E-state index < -0.39 is 17.7 Å². The molecule has 0 amide bonds. The number of rotatable bonds is 2. The van der Waals surface area contributed by atoms with Gasteiger partial charge in [0, 0.05) is 24.8 Å². The first-order chi connectivity index (χ1) is 9.68. The van der Waals surface area contributed by atoms with Crippen LogP contribution in [0.2, 0.25) is 0 Å². The molecule has 4 heteroatoms. The Balaban J connectivity index is 2.59. The lowest BCUT2D eigenvalue weighted by atomic mass is 9.80. The molecular formula is C17H24O4. The van der Waals surface area contributed by atoms with Crippen LogP contribution in [-0.4, -0.2) is 28.6 Å². The first-order valence-electron chi connectivity index (χ1n) is 7.48. The maximum atomic E-state index is 12.1. The molecule has 0 saturated heterocycles. The third kappa shape index (κ3) is 2.57. The fraction of sp³-hybridized carbons (Fsp3) is 0.647. The van der Waals surface area contributed by atoms with Crippen LogP contribution in [-0.2, 0) is 14.3 Å². The van der Waals surface area contributed by atoms with Gasteiger partial charge < -0.3 is 9.84 Å². The number of carbonyl (C=O) groups is 2. The molecule has 0 heterocycles. The SMILES string of the molecule is C=C(C)[C@@H]1CC[C@@H](C)[C@@]2(O)CC(=O)C(C)=C2[C@@H]1OC(C)=O. The second-order valence-corrected chi connectivity index (χ2v) is 6.52. The van der Waals surface area contributed by atoms with E-state index >= 15 is 0 Å². The highest BCUT2D eigenvalue weighted by atomic mass is 16.5. The van der Waals surface area contributed by atoms with Crippen molar-refractivity contribution >= 4 is 11.8 Å². The summed E-state index contributed by atoms with van der Waals surface area (Å²) in [6.07, 6.45) is 1.08. The van der Waals surface area contributed by atoms with Gasteiger partial charge in [-0.2, -0.15) is 0 Å². The summed E-state index contributed by atoms with van der Waals surface area (Å²) in [5.74, 6) is -0.556. The Hall–Kier alpha value is -1.42. The van der Waals surface area contributed by atoms with E-state index in [0.717, 1.165) is 18.4 Å². The van der Waals surface area contributed by atoms with E-state index in [0.29, 0.717) is 11.1 Å². The van der Waals surface area contributed by atoms with Gasteiger partial charge in [-0.15, -0.1) is 0 Å². The number of ether oxygens (including phenoxy) is 1. The van der Waals surface area contributed by atoms with Crippen LogP contribution in [0.4, 0.5) is 0 Å². The summed E-state index contributed by atoms with van der Waals surface area (Å²) in [7, 11) is 0. The first kappa shape index (κ1) is 16.0. The number of hydrogen-bond donors (Lipinski definition) is 1. The van der Waals surface area contributed by atoms with Crippen LogP contribution in [0.3, 0.4) is 0 Å². The molecule has 2 aliphatic carbocycles. The summed E-state index contributed by atoms with van der Waals surface area (Å²) in [6.45, 7) is 10.9. The molecule has 1 saturated carbocycles. The van der Waals surface area contributed by atoms with Crippen LogP contribution in [0, 0.1) is 11.8 Å². The Labute approximate surface area is 125 Å². The van der Waals surface area contributed by atoms with Gasteiger partial charge in [0.25, 0.3) is 0 Å². The highest BCUT2D eigenvalue weighted by Gasteiger charge is 2.53. The van der Waals surface area contributed by atoms with E-state index in [1.54, 1.807) is 6.92 Å². The van der Waals surface area contributed by atoms with E-state index in [9.17, 15) is 14.7 Å². The van der Waals surface area contributed by atoms with Crippen molar-refractivity contribution < 1.29 is 19.4 Å². The van der Waals surface area contributed by atoms with E-state index in [-0.39, 0.29) is 24.0 Å². The van der Waals surface area contributed by atoms with Crippen molar-refractivity contribution in [2.24, 2.45) is 11.8 Å². The number of allylic oxidation sites excluding steroid dienone is 1. The first-order valence-corrected chi connectivity index (χ1v) is 7.48. The van der Waals surface area contributed by atoms with Gasteiger partial charge in [-0.1, -0.05) is 19.1 Å². The number of esters is 1. The molecule has 1 N–H and O–H groups in total. The molecule has 0 aromatic heterocycles. The summed E-state index contributed by atoms with van der Waals surface area (Å²) in [5.41, 5.74) is 0.868. The van der Waals surface area contributed by atoms with Gasteiger partial charge in [-0.3, -0.25) is 9.59 Å². The van der Waals surface area contributed by atoms with Crippen LogP contribution >= 0.6 is 0 Å². The van der Waals surface area contributed by atoms with Crippen LogP contribution in [0.25, 0.3) is 0 Å². The van der Waals surface area contributed by atoms with Gasteiger partial charge >= 0.3 is 5.97 Å². The zero-order valence-corrected chi connectivity index (χ0v) is 13.2. The lowest BCUT2D eigenvalue weighted by Crippen LogP contribution is -2.41. The summed E-state index contributed by atoms with van der Waals surface area (Å²) in [6, 6.07) is 0. The highest BCUT2D eigenvalue weighted by Crippen LogP contribution is 2.49. The van der Waals surface area contributed by atoms with E-state index in [4.69, 9.17) is 4.74 Å². The zero-order chi connectivity index (χ0) is 15.9. The fourth-order valence-electron chi connectivity index (χ4n) is 3.69. The van der Waals surface area contributed by atoms with E-state index in [2.05, 4.69) is 6.58 Å². The number of ketones is 1. The monoisotopic (exact) mass is 292 g/mol. The molecule has 0 aromatic rings. The topological polar surface area (TPSA) is 63.6 Å². The second kappa shape index (κ2) is 5.41. The molecule has 2 aliphatic rings. The average molecular weight is 292 g/mol. The van der Waals surface area contributed by atoms with Crippen molar-refractivity contribution in [1.29, 1.82) is 0 Å². The largest absolute Gasteiger partial charge is 0.457 e. The molecule has 0 bridgehead atoms. The molecule has 0 unspecified atom stereocenters. The van der Waals surface area contributed by atoms with Crippen molar-refractivity contribution in [1.82, 2.24) is 0 Å². The average Bonchev–Trinajstić information content (AvgIpc) is 2.52. The van der Waals surface area contributed by atoms with E-state index in [1.165, 1.54) is 6.92 Å². The molecule has 0 spiro atoms. The molecule has 0 radical (unpaired) electrons. The minimum Gasteiger partial charge on any atom is -0.457 e. The molecule has 1 fully saturated rings. The Morgan fingerprint density at radius 1 is 1.38 bits per heavy atom. The third-order valence-electron chi connectivity index (χ3n) is 5.02. The van der Waals surface area contributed by atoms with E-state index in [1.807, 2.05) is 13.8 Å². The maximum Gasteiger partial charge on any atom is 0.303 e. The zero-order valence-electron chi connectivity index (χ0n) is 13.2. The summed E-state index contributed by atoms with van der Waals surface area (Å²) >= 11 is 0. The molecular weight excluding hydrogens is 268 g/mol. The molecule has 21 heavy (non-hydrogen) atoms. The summed E-state index contributed by atoms with van der Waals surface area (Å²) in [4.78, 5) is 23.6. The Bertz CT molecular complexity index is 531. The van der Waals surface area contributed by atoms with Crippen LogP contribution in [0.5, 0.6) is 0 Å². The number of fused-ring (bicyclic) bond motifs is 1. The molecule has 4 atom stereocenters. The van der Waals surface area contributed by atoms with Crippen LogP contribution in [0.1, 0.15) is 47.0 Å². The van der Waals surface area contributed by atoms with Crippen molar-refractivity contribution in [2.75, 3.05) is 0 Å². The number of carbonyl (C=O) groups excluding carboxylic acids is 2. The lowest BCUT2D eigenvalue weighted by molar-refractivity contribution is -0.147. The lowest BCUT2D eigenvalue weighted by Gasteiger charge is -2.34. The van der Waals surface area contributed by atoms with Crippen LogP contribution in [0.15, 0.2) is 23.3 Å². The Morgan fingerprint density at radius 2 is 2.00 bits per heavy atom. The maximum absolute atomic E-state index is 12.1. The Morgan fingerprint density at radius 3 is 2.52 bits per heavy atom. The van der Waals surface area contributed by atoms with Gasteiger partial charge in [0.1, 0.15) is 6.10 Å².